The third-order valence-electron chi connectivity index (χ3n) is 1.34. The smallest absolute Gasteiger partial charge is 0.221 e. The minimum absolute atomic E-state index is 0.686. The van der Waals surface area contributed by atoms with Crippen molar-refractivity contribution in [3.05, 3.63) is 30.5 Å². The second kappa shape index (κ2) is 2.23. The molecule has 4 nitrogen and oxygen atoms in total. The maximum atomic E-state index is 5.09. The van der Waals surface area contributed by atoms with E-state index in [9.17, 15) is 0 Å². The topological polar surface area (TPSA) is 43.9 Å². The van der Waals surface area contributed by atoms with E-state index in [0.29, 0.717) is 5.88 Å². The normalized spacial score (nSPS) is 10.3. The first-order valence-corrected chi connectivity index (χ1v) is 3.28. The Kier molecular flexibility index (Phi) is 1.25. The van der Waals surface area contributed by atoms with Crippen molar-refractivity contribution in [3.63, 3.8) is 0 Å². The summed E-state index contributed by atoms with van der Waals surface area (Å²) >= 11 is 0. The number of aromatic nitrogens is 3. The third-order valence-corrected chi connectivity index (χ3v) is 1.34. The highest BCUT2D eigenvalue weighted by molar-refractivity contribution is 5.14. The van der Waals surface area contributed by atoms with E-state index in [0.717, 1.165) is 5.82 Å². The molecule has 0 saturated heterocycles. The van der Waals surface area contributed by atoms with Gasteiger partial charge in [0.15, 0.2) is 0 Å². The lowest BCUT2D eigenvalue weighted by atomic mass is 10.6. The lowest BCUT2D eigenvalue weighted by molar-refractivity contribution is 0.521. The van der Waals surface area contributed by atoms with Crippen molar-refractivity contribution >= 4 is 0 Å². The molecule has 56 valence electrons. The molecule has 0 amide bonds. The molecular weight excluding hydrogens is 142 g/mol. The zero-order chi connectivity index (χ0) is 7.68. The van der Waals surface area contributed by atoms with Crippen molar-refractivity contribution in [1.82, 2.24) is 14.8 Å². The third kappa shape index (κ3) is 1.02. The Morgan fingerprint density at radius 3 is 3.00 bits per heavy atom. The van der Waals surface area contributed by atoms with Crippen LogP contribution in [0.2, 0.25) is 0 Å². The highest BCUT2D eigenvalue weighted by Gasteiger charge is 1.99. The van der Waals surface area contributed by atoms with Crippen molar-refractivity contribution in [1.29, 1.82) is 0 Å². The first-order valence-electron chi connectivity index (χ1n) is 3.28. The Morgan fingerprint density at radius 1 is 1.55 bits per heavy atom. The number of nitrogens with zero attached hydrogens (tertiary/aromatic N) is 3. The fourth-order valence-corrected chi connectivity index (χ4v) is 0.852. The summed E-state index contributed by atoms with van der Waals surface area (Å²) in [5.74, 6) is 1.42. The van der Waals surface area contributed by atoms with E-state index in [4.69, 9.17) is 4.42 Å². The molecular formula is C7H7N3O. The van der Waals surface area contributed by atoms with Gasteiger partial charge in [0.2, 0.25) is 5.88 Å². The second-order valence-electron chi connectivity index (χ2n) is 2.19. The molecule has 0 N–H and O–H groups in total. The molecule has 0 bridgehead atoms. The minimum atomic E-state index is 0.686. The van der Waals surface area contributed by atoms with E-state index in [2.05, 4.69) is 10.1 Å². The number of furan rings is 1. The lowest BCUT2D eigenvalue weighted by Crippen LogP contribution is -1.91. The van der Waals surface area contributed by atoms with Gasteiger partial charge in [-0.25, -0.2) is 4.98 Å². The summed E-state index contributed by atoms with van der Waals surface area (Å²) in [6.07, 6.45) is 3.22. The molecule has 2 aromatic heterocycles. The van der Waals surface area contributed by atoms with Crippen LogP contribution in [0.1, 0.15) is 5.82 Å². The monoisotopic (exact) mass is 149 g/mol. The number of hydrogen-bond acceptors (Lipinski definition) is 3. The Bertz CT molecular complexity index is 336. The van der Waals surface area contributed by atoms with Crippen LogP contribution in [-0.2, 0) is 0 Å². The SMILES string of the molecule is Cc1ncn(-c2ccco2)n1. The summed E-state index contributed by atoms with van der Waals surface area (Å²) in [4.78, 5) is 3.96. The molecule has 0 spiro atoms. The maximum absolute atomic E-state index is 5.09. The first kappa shape index (κ1) is 6.15. The summed E-state index contributed by atoms with van der Waals surface area (Å²) in [6.45, 7) is 1.83. The molecule has 0 aromatic carbocycles. The van der Waals surface area contributed by atoms with E-state index in [1.807, 2.05) is 19.1 Å². The molecule has 11 heavy (non-hydrogen) atoms. The van der Waals surface area contributed by atoms with Crippen molar-refractivity contribution in [2.24, 2.45) is 0 Å². The summed E-state index contributed by atoms with van der Waals surface area (Å²) in [7, 11) is 0. The molecule has 2 rings (SSSR count). The van der Waals surface area contributed by atoms with Crippen LogP contribution in [0.3, 0.4) is 0 Å². The van der Waals surface area contributed by atoms with Gasteiger partial charge < -0.3 is 4.42 Å². The zero-order valence-electron chi connectivity index (χ0n) is 6.06. The maximum Gasteiger partial charge on any atom is 0.221 e. The first-order chi connectivity index (χ1) is 5.36. The van der Waals surface area contributed by atoms with Gasteiger partial charge in [0.05, 0.1) is 6.26 Å². The molecule has 4 heteroatoms. The highest BCUT2D eigenvalue weighted by atomic mass is 16.3. The van der Waals surface area contributed by atoms with Crippen LogP contribution >= 0.6 is 0 Å². The fraction of sp³-hybridized carbons (Fsp3) is 0.143. The van der Waals surface area contributed by atoms with Gasteiger partial charge in [0.1, 0.15) is 12.2 Å². The summed E-state index contributed by atoms with van der Waals surface area (Å²) in [6, 6.07) is 3.64. The Morgan fingerprint density at radius 2 is 2.45 bits per heavy atom. The predicted molar refractivity (Wildman–Crippen MR) is 38.4 cm³/mol. The molecule has 0 aliphatic heterocycles. The Labute approximate surface area is 63.5 Å². The molecule has 0 aliphatic carbocycles. The van der Waals surface area contributed by atoms with Gasteiger partial charge in [-0.15, -0.1) is 5.10 Å². The van der Waals surface area contributed by atoms with Crippen LogP contribution < -0.4 is 0 Å². The van der Waals surface area contributed by atoms with E-state index < -0.39 is 0 Å². The van der Waals surface area contributed by atoms with Gasteiger partial charge in [-0.05, 0) is 13.0 Å². The molecule has 2 aromatic rings. The van der Waals surface area contributed by atoms with Crippen molar-refractivity contribution < 1.29 is 4.42 Å². The van der Waals surface area contributed by atoms with Gasteiger partial charge in [0.25, 0.3) is 0 Å². The van der Waals surface area contributed by atoms with Crippen molar-refractivity contribution in [2.45, 2.75) is 6.92 Å². The minimum Gasteiger partial charge on any atom is -0.447 e. The van der Waals surface area contributed by atoms with Crippen LogP contribution in [0.15, 0.2) is 29.1 Å². The second-order valence-corrected chi connectivity index (χ2v) is 2.19. The zero-order valence-corrected chi connectivity index (χ0v) is 6.06. The van der Waals surface area contributed by atoms with E-state index in [-0.39, 0.29) is 0 Å². The molecule has 0 aliphatic rings. The van der Waals surface area contributed by atoms with Crippen LogP contribution in [0.25, 0.3) is 5.88 Å². The molecule has 2 heterocycles. The molecule has 0 saturated carbocycles. The summed E-state index contributed by atoms with van der Waals surface area (Å²) in [5, 5.41) is 4.06. The number of aryl methyl sites for hydroxylation is 1. The number of hydrogen-bond donors (Lipinski definition) is 0. The molecule has 0 radical (unpaired) electrons. The largest absolute Gasteiger partial charge is 0.447 e. The summed E-state index contributed by atoms with van der Waals surface area (Å²) in [5.41, 5.74) is 0. The standard InChI is InChI=1S/C7H7N3O/c1-6-8-5-10(9-6)7-3-2-4-11-7/h2-5H,1H3. The molecule has 0 fully saturated rings. The average Bonchev–Trinajstić information content (AvgIpc) is 2.55. The van der Waals surface area contributed by atoms with Crippen LogP contribution in [0.4, 0.5) is 0 Å². The van der Waals surface area contributed by atoms with E-state index in [1.165, 1.54) is 0 Å². The van der Waals surface area contributed by atoms with Gasteiger partial charge in [-0.1, -0.05) is 0 Å². The van der Waals surface area contributed by atoms with E-state index in [1.54, 1.807) is 17.3 Å². The lowest BCUT2D eigenvalue weighted by Gasteiger charge is -1.89. The Hall–Kier alpha value is -1.58. The van der Waals surface area contributed by atoms with E-state index >= 15 is 0 Å². The predicted octanol–water partition coefficient (Wildman–Crippen LogP) is 1.17. The Balaban J connectivity index is 2.45. The van der Waals surface area contributed by atoms with Crippen molar-refractivity contribution in [3.8, 4) is 5.88 Å². The number of rotatable bonds is 1. The molecule has 0 atom stereocenters. The van der Waals surface area contributed by atoms with Crippen molar-refractivity contribution in [2.75, 3.05) is 0 Å². The summed E-state index contributed by atoms with van der Waals surface area (Å²) < 4.78 is 6.69. The average molecular weight is 149 g/mol. The van der Waals surface area contributed by atoms with Crippen LogP contribution in [-0.4, -0.2) is 14.8 Å². The van der Waals surface area contributed by atoms with Gasteiger partial charge in [-0.3, -0.25) is 0 Å². The fourth-order valence-electron chi connectivity index (χ4n) is 0.852. The van der Waals surface area contributed by atoms with Crippen LogP contribution in [0, 0.1) is 6.92 Å². The van der Waals surface area contributed by atoms with Gasteiger partial charge in [-0.2, -0.15) is 4.68 Å². The van der Waals surface area contributed by atoms with Crippen LogP contribution in [0.5, 0.6) is 0 Å². The molecule has 0 unspecified atom stereocenters. The van der Waals surface area contributed by atoms with Gasteiger partial charge in [0, 0.05) is 6.07 Å². The highest BCUT2D eigenvalue weighted by Crippen LogP contribution is 2.04. The quantitative estimate of drug-likeness (QED) is 0.611. The van der Waals surface area contributed by atoms with Gasteiger partial charge >= 0.3 is 0 Å².